The molecule has 0 aliphatic heterocycles. The number of hydrogen-bond acceptors (Lipinski definition) is 4. The third-order valence-corrected chi connectivity index (χ3v) is 3.29. The van der Waals surface area contributed by atoms with Crippen LogP contribution in [-0.2, 0) is 13.3 Å². The summed E-state index contributed by atoms with van der Waals surface area (Å²) in [5.41, 5.74) is 0. The molecule has 5 heteroatoms. The predicted molar refractivity (Wildman–Crippen MR) is 37.2 cm³/mol. The van der Waals surface area contributed by atoms with Gasteiger partial charge in [0.1, 0.15) is 6.61 Å². The summed E-state index contributed by atoms with van der Waals surface area (Å²) in [6.07, 6.45) is 0. The highest BCUT2D eigenvalue weighted by molar-refractivity contribution is 6.59. The molecule has 10 heavy (non-hydrogen) atoms. The Labute approximate surface area is 61.7 Å². The normalized spacial score (nSPS) is 11.0. The van der Waals surface area contributed by atoms with Crippen molar-refractivity contribution in [3.63, 3.8) is 0 Å². The molecule has 58 valence electrons. The van der Waals surface area contributed by atoms with Gasteiger partial charge in [-0.3, -0.25) is 0 Å². The molecule has 0 aromatic rings. The van der Waals surface area contributed by atoms with E-state index in [1.165, 1.54) is 14.2 Å². The van der Waals surface area contributed by atoms with E-state index in [0.29, 0.717) is 0 Å². The first kappa shape index (κ1) is 9.59. The van der Waals surface area contributed by atoms with Crippen molar-refractivity contribution in [2.75, 3.05) is 20.8 Å². The van der Waals surface area contributed by atoms with E-state index in [2.05, 4.69) is 0 Å². The zero-order chi connectivity index (χ0) is 8.04. The Morgan fingerprint density at radius 3 is 2.20 bits per heavy atom. The second kappa shape index (κ2) is 4.41. The first-order valence-corrected chi connectivity index (χ1v) is 5.02. The first-order chi connectivity index (χ1) is 4.68. The summed E-state index contributed by atoms with van der Waals surface area (Å²) < 4.78 is 14.9. The lowest BCUT2D eigenvalue weighted by Gasteiger charge is -2.19. The maximum atomic E-state index is 8.16. The predicted octanol–water partition coefficient (Wildman–Crippen LogP) is 0.388. The van der Waals surface area contributed by atoms with Gasteiger partial charge < -0.3 is 13.3 Å². The van der Waals surface area contributed by atoms with Gasteiger partial charge in [-0.1, -0.05) is 0 Å². The zero-order valence-electron chi connectivity index (χ0n) is 6.38. The Balaban J connectivity index is 3.71. The van der Waals surface area contributed by atoms with Crippen molar-refractivity contribution >= 4 is 8.80 Å². The van der Waals surface area contributed by atoms with Crippen molar-refractivity contribution < 1.29 is 13.3 Å². The third kappa shape index (κ3) is 2.94. The lowest BCUT2D eigenvalue weighted by molar-refractivity contribution is 0.119. The maximum absolute atomic E-state index is 8.16. The molecule has 4 nitrogen and oxygen atoms in total. The summed E-state index contributed by atoms with van der Waals surface area (Å²) in [5, 5.41) is 8.16. The van der Waals surface area contributed by atoms with Crippen molar-refractivity contribution in [2.24, 2.45) is 0 Å². The standard InChI is InChI=1S/C5H11NO3Si/c1-7-10(3,8-2)9-5-4-6/h5H2,1-3H3. The maximum Gasteiger partial charge on any atom is 0.497 e. The van der Waals surface area contributed by atoms with Gasteiger partial charge in [-0.25, -0.2) is 0 Å². The van der Waals surface area contributed by atoms with Crippen molar-refractivity contribution in [1.82, 2.24) is 0 Å². The molecule has 0 radical (unpaired) electrons. The molecule has 0 unspecified atom stereocenters. The van der Waals surface area contributed by atoms with Crippen molar-refractivity contribution in [3.8, 4) is 6.07 Å². The van der Waals surface area contributed by atoms with Gasteiger partial charge in [-0.05, 0) is 0 Å². The lowest BCUT2D eigenvalue weighted by atomic mass is 10.9. The fourth-order valence-corrected chi connectivity index (χ4v) is 1.09. The molecule has 0 bridgehead atoms. The number of rotatable bonds is 4. The number of nitriles is 1. The topological polar surface area (TPSA) is 51.5 Å². The smallest absolute Gasteiger partial charge is 0.377 e. The minimum Gasteiger partial charge on any atom is -0.377 e. The lowest BCUT2D eigenvalue weighted by Crippen LogP contribution is -2.40. The Morgan fingerprint density at radius 1 is 1.40 bits per heavy atom. The largest absolute Gasteiger partial charge is 0.497 e. The molecular formula is C5H11NO3Si. The van der Waals surface area contributed by atoms with E-state index in [0.717, 1.165) is 0 Å². The highest BCUT2D eigenvalue weighted by atomic mass is 28.4. The summed E-state index contributed by atoms with van der Waals surface area (Å²) in [7, 11) is 0.573. The van der Waals surface area contributed by atoms with Crippen molar-refractivity contribution in [3.05, 3.63) is 0 Å². The molecule has 0 N–H and O–H groups in total. The summed E-state index contributed by atoms with van der Waals surface area (Å²) in [6, 6.07) is 1.84. The molecule has 0 amide bonds. The van der Waals surface area contributed by atoms with E-state index in [1.807, 2.05) is 6.07 Å². The SMILES string of the molecule is CO[Si](C)(OC)OCC#N. The monoisotopic (exact) mass is 161 g/mol. The van der Waals surface area contributed by atoms with E-state index < -0.39 is 8.80 Å². The molecule has 0 atom stereocenters. The van der Waals surface area contributed by atoms with Gasteiger partial charge in [-0.2, -0.15) is 5.26 Å². The summed E-state index contributed by atoms with van der Waals surface area (Å²) >= 11 is 0. The van der Waals surface area contributed by atoms with E-state index in [9.17, 15) is 0 Å². The Bertz CT molecular complexity index is 129. The Kier molecular flexibility index (Phi) is 4.23. The summed E-state index contributed by atoms with van der Waals surface area (Å²) in [4.78, 5) is 0. The molecule has 0 rings (SSSR count). The van der Waals surface area contributed by atoms with E-state index in [1.54, 1.807) is 6.55 Å². The van der Waals surface area contributed by atoms with Gasteiger partial charge in [0, 0.05) is 20.8 Å². The van der Waals surface area contributed by atoms with Crippen LogP contribution in [0.25, 0.3) is 0 Å². The van der Waals surface area contributed by atoms with Gasteiger partial charge in [0.15, 0.2) is 0 Å². The molecule has 0 saturated carbocycles. The van der Waals surface area contributed by atoms with Crippen LogP contribution in [0.3, 0.4) is 0 Å². The molecule has 0 saturated heterocycles. The minimum absolute atomic E-state index is 0.0183. The average molecular weight is 161 g/mol. The minimum atomic E-state index is -2.44. The average Bonchev–Trinajstić information content (AvgIpc) is 2.00. The molecule has 0 spiro atoms. The quantitative estimate of drug-likeness (QED) is 0.560. The van der Waals surface area contributed by atoms with Gasteiger partial charge in [0.2, 0.25) is 0 Å². The van der Waals surface area contributed by atoms with Gasteiger partial charge in [0.05, 0.1) is 6.07 Å². The molecule has 0 aliphatic carbocycles. The van der Waals surface area contributed by atoms with E-state index >= 15 is 0 Å². The zero-order valence-corrected chi connectivity index (χ0v) is 7.38. The molecule has 0 aliphatic rings. The highest BCUT2D eigenvalue weighted by Crippen LogP contribution is 2.04. The van der Waals surface area contributed by atoms with Crippen LogP contribution in [0.4, 0.5) is 0 Å². The van der Waals surface area contributed by atoms with Gasteiger partial charge in [-0.15, -0.1) is 0 Å². The van der Waals surface area contributed by atoms with Crippen molar-refractivity contribution in [2.45, 2.75) is 6.55 Å². The van der Waals surface area contributed by atoms with Crippen LogP contribution >= 0.6 is 0 Å². The molecule has 0 aromatic heterocycles. The second-order valence-electron chi connectivity index (χ2n) is 1.72. The van der Waals surface area contributed by atoms with E-state index in [-0.39, 0.29) is 6.61 Å². The number of nitrogens with zero attached hydrogens (tertiary/aromatic N) is 1. The van der Waals surface area contributed by atoms with Crippen molar-refractivity contribution in [1.29, 1.82) is 5.26 Å². The van der Waals surface area contributed by atoms with Crippen LogP contribution in [0.5, 0.6) is 0 Å². The second-order valence-corrected chi connectivity index (χ2v) is 4.55. The van der Waals surface area contributed by atoms with Gasteiger partial charge in [0.25, 0.3) is 0 Å². The van der Waals surface area contributed by atoms with Gasteiger partial charge >= 0.3 is 8.80 Å². The highest BCUT2D eigenvalue weighted by Gasteiger charge is 2.31. The summed E-state index contributed by atoms with van der Waals surface area (Å²) in [5.74, 6) is 0. The molecule has 0 aromatic carbocycles. The number of hydrogen-bond donors (Lipinski definition) is 0. The fourth-order valence-electron chi connectivity index (χ4n) is 0.365. The summed E-state index contributed by atoms with van der Waals surface area (Å²) in [6.45, 7) is 1.74. The first-order valence-electron chi connectivity index (χ1n) is 2.79. The van der Waals surface area contributed by atoms with Crippen LogP contribution < -0.4 is 0 Å². The molecule has 0 fully saturated rings. The van der Waals surface area contributed by atoms with Crippen LogP contribution in [-0.4, -0.2) is 29.6 Å². The van der Waals surface area contributed by atoms with E-state index in [4.69, 9.17) is 18.5 Å². The fraction of sp³-hybridized carbons (Fsp3) is 0.800. The van der Waals surface area contributed by atoms with Crippen LogP contribution in [0.2, 0.25) is 6.55 Å². The van der Waals surface area contributed by atoms with Crippen LogP contribution in [0.15, 0.2) is 0 Å². The van der Waals surface area contributed by atoms with Crippen LogP contribution in [0, 0.1) is 11.3 Å². The molecular weight excluding hydrogens is 150 g/mol. The third-order valence-electron chi connectivity index (χ3n) is 1.14. The Morgan fingerprint density at radius 2 is 1.90 bits per heavy atom. The Hall–Kier alpha value is -0.413. The van der Waals surface area contributed by atoms with Crippen LogP contribution in [0.1, 0.15) is 0 Å². The molecule has 0 heterocycles.